The maximum Gasteiger partial charge on any atom is 0.357 e. The Hall–Kier alpha value is -2.30. The van der Waals surface area contributed by atoms with Crippen molar-refractivity contribution < 1.29 is 19.1 Å². The first-order chi connectivity index (χ1) is 9.74. The van der Waals surface area contributed by atoms with Crippen molar-refractivity contribution in [3.05, 3.63) is 47.2 Å². The minimum absolute atomic E-state index is 0.0984. The summed E-state index contributed by atoms with van der Waals surface area (Å²) in [6, 6.07) is 6.05. The molecule has 0 aliphatic heterocycles. The van der Waals surface area contributed by atoms with Crippen molar-refractivity contribution in [1.29, 1.82) is 0 Å². The molecule has 0 radical (unpaired) electrons. The molecule has 0 atom stereocenters. The number of hydrogen-bond donors (Lipinski definition) is 1. The number of aromatic nitrogens is 1. The number of fused-ring (bicyclic) bond motifs is 1. The zero-order chi connectivity index (χ0) is 13.9. The summed E-state index contributed by atoms with van der Waals surface area (Å²) in [5, 5.41) is 8.78. The van der Waals surface area contributed by atoms with Crippen molar-refractivity contribution in [1.82, 2.24) is 4.98 Å². The smallest absolute Gasteiger partial charge is 0.357 e. The molecule has 0 unspecified atom stereocenters. The van der Waals surface area contributed by atoms with Gasteiger partial charge in [0.1, 0.15) is 12.0 Å². The number of rotatable bonds is 4. The second-order valence-electron chi connectivity index (χ2n) is 4.82. The van der Waals surface area contributed by atoms with E-state index in [1.54, 1.807) is 0 Å². The lowest BCUT2D eigenvalue weighted by Crippen LogP contribution is -2.06. The monoisotopic (exact) mass is 273 g/mol. The highest BCUT2D eigenvalue weighted by atomic mass is 16.5. The predicted molar refractivity (Wildman–Crippen MR) is 70.9 cm³/mol. The van der Waals surface area contributed by atoms with E-state index in [1.165, 1.54) is 24.0 Å². The van der Waals surface area contributed by atoms with Crippen LogP contribution in [-0.4, -0.2) is 16.1 Å². The zero-order valence-electron chi connectivity index (χ0n) is 11.0. The highest BCUT2D eigenvalue weighted by Crippen LogP contribution is 2.29. The second-order valence-corrected chi connectivity index (χ2v) is 4.82. The summed E-state index contributed by atoms with van der Waals surface area (Å²) in [6.45, 7) is 0.143. The molecule has 20 heavy (non-hydrogen) atoms. The summed E-state index contributed by atoms with van der Waals surface area (Å²) in [7, 11) is 0. The molecular formula is C15H15NO4. The number of carbonyl (C=O) groups is 1. The number of aromatic carboxylic acids is 1. The number of oxazole rings is 1. The van der Waals surface area contributed by atoms with Crippen LogP contribution in [0.15, 0.2) is 28.9 Å². The van der Waals surface area contributed by atoms with Crippen molar-refractivity contribution in [2.24, 2.45) is 0 Å². The fourth-order valence-electron chi connectivity index (χ4n) is 2.50. The van der Waals surface area contributed by atoms with Gasteiger partial charge in [-0.2, -0.15) is 0 Å². The van der Waals surface area contributed by atoms with Crippen LogP contribution in [0, 0.1) is 0 Å². The van der Waals surface area contributed by atoms with E-state index < -0.39 is 5.97 Å². The van der Waals surface area contributed by atoms with Crippen LogP contribution < -0.4 is 4.74 Å². The second kappa shape index (κ2) is 5.36. The van der Waals surface area contributed by atoms with E-state index in [1.807, 2.05) is 12.1 Å². The van der Waals surface area contributed by atoms with E-state index in [0.29, 0.717) is 0 Å². The Morgan fingerprint density at radius 2 is 2.20 bits per heavy atom. The lowest BCUT2D eigenvalue weighted by atomic mass is 9.91. The Morgan fingerprint density at radius 3 is 3.00 bits per heavy atom. The Kier molecular flexibility index (Phi) is 3.41. The summed E-state index contributed by atoms with van der Waals surface area (Å²) >= 11 is 0. The lowest BCUT2D eigenvalue weighted by Gasteiger charge is -2.18. The van der Waals surface area contributed by atoms with Gasteiger partial charge < -0.3 is 14.3 Å². The van der Waals surface area contributed by atoms with Gasteiger partial charge in [0.05, 0.1) is 0 Å². The van der Waals surface area contributed by atoms with Crippen LogP contribution >= 0.6 is 0 Å². The molecule has 1 aliphatic carbocycles. The Morgan fingerprint density at radius 1 is 1.35 bits per heavy atom. The normalized spacial score (nSPS) is 13.8. The topological polar surface area (TPSA) is 72.6 Å². The standard InChI is InChI=1S/C15H15NO4/c17-15(18)12-8-20-14(16-12)9-19-13-7-3-5-10-4-1-2-6-11(10)13/h3,5,7-8H,1-2,4,6,9H2,(H,17,18). The van der Waals surface area contributed by atoms with Gasteiger partial charge in [-0.25, -0.2) is 9.78 Å². The fraction of sp³-hybridized carbons (Fsp3) is 0.333. The molecule has 0 spiro atoms. The average molecular weight is 273 g/mol. The number of ether oxygens (including phenoxy) is 1. The lowest BCUT2D eigenvalue weighted by molar-refractivity contribution is 0.0690. The van der Waals surface area contributed by atoms with E-state index in [9.17, 15) is 4.79 Å². The summed E-state index contributed by atoms with van der Waals surface area (Å²) in [6.07, 6.45) is 5.64. The van der Waals surface area contributed by atoms with Gasteiger partial charge in [0.15, 0.2) is 12.3 Å². The van der Waals surface area contributed by atoms with Gasteiger partial charge >= 0.3 is 5.97 Å². The largest absolute Gasteiger partial charge is 0.484 e. The first-order valence-corrected chi connectivity index (χ1v) is 6.65. The number of carboxylic acids is 1. The highest BCUT2D eigenvalue weighted by Gasteiger charge is 2.15. The summed E-state index contributed by atoms with van der Waals surface area (Å²) in [4.78, 5) is 14.6. The molecule has 1 aromatic carbocycles. The first kappa shape index (κ1) is 12.7. The van der Waals surface area contributed by atoms with E-state index >= 15 is 0 Å². The van der Waals surface area contributed by atoms with Crippen LogP contribution in [-0.2, 0) is 19.4 Å². The van der Waals surface area contributed by atoms with Gasteiger partial charge in [-0.15, -0.1) is 0 Å². The Bertz CT molecular complexity index is 633. The minimum Gasteiger partial charge on any atom is -0.484 e. The SMILES string of the molecule is O=C(O)c1coc(COc2cccc3c2CCCC3)n1. The molecule has 1 heterocycles. The summed E-state index contributed by atoms with van der Waals surface area (Å²) < 4.78 is 10.8. The highest BCUT2D eigenvalue weighted by molar-refractivity contribution is 5.84. The van der Waals surface area contributed by atoms with E-state index in [0.717, 1.165) is 24.9 Å². The molecule has 0 saturated heterocycles. The van der Waals surface area contributed by atoms with E-state index in [-0.39, 0.29) is 18.2 Å². The van der Waals surface area contributed by atoms with Crippen LogP contribution in [0.3, 0.4) is 0 Å². The van der Waals surface area contributed by atoms with Gasteiger partial charge in [0.2, 0.25) is 5.89 Å². The Balaban J connectivity index is 1.73. The molecule has 5 heteroatoms. The molecule has 0 amide bonds. The quantitative estimate of drug-likeness (QED) is 0.927. The van der Waals surface area contributed by atoms with Crippen LogP contribution in [0.5, 0.6) is 5.75 Å². The number of aryl methyl sites for hydroxylation is 1. The van der Waals surface area contributed by atoms with E-state index in [2.05, 4.69) is 11.1 Å². The van der Waals surface area contributed by atoms with E-state index in [4.69, 9.17) is 14.3 Å². The van der Waals surface area contributed by atoms with Crippen molar-refractivity contribution in [3.8, 4) is 5.75 Å². The molecule has 0 saturated carbocycles. The van der Waals surface area contributed by atoms with Crippen molar-refractivity contribution in [2.75, 3.05) is 0 Å². The van der Waals surface area contributed by atoms with Gasteiger partial charge in [0, 0.05) is 0 Å². The van der Waals surface area contributed by atoms with Crippen molar-refractivity contribution >= 4 is 5.97 Å². The molecule has 1 N–H and O–H groups in total. The maximum atomic E-state index is 10.7. The molecule has 3 rings (SSSR count). The average Bonchev–Trinajstić information content (AvgIpc) is 2.94. The number of carboxylic acid groups (broad SMARTS) is 1. The van der Waals surface area contributed by atoms with Crippen LogP contribution in [0.1, 0.15) is 40.3 Å². The molecule has 2 aromatic rings. The fourth-order valence-corrected chi connectivity index (χ4v) is 2.50. The van der Waals surface area contributed by atoms with Crippen molar-refractivity contribution in [3.63, 3.8) is 0 Å². The third-order valence-corrected chi connectivity index (χ3v) is 3.47. The molecular weight excluding hydrogens is 258 g/mol. The molecule has 5 nitrogen and oxygen atoms in total. The molecule has 0 fully saturated rings. The summed E-state index contributed by atoms with van der Waals surface area (Å²) in [5.41, 5.74) is 2.50. The van der Waals surface area contributed by atoms with Gasteiger partial charge in [-0.05, 0) is 42.9 Å². The third-order valence-electron chi connectivity index (χ3n) is 3.47. The number of hydrogen-bond acceptors (Lipinski definition) is 4. The van der Waals surface area contributed by atoms with Gasteiger partial charge in [-0.3, -0.25) is 0 Å². The minimum atomic E-state index is -1.10. The first-order valence-electron chi connectivity index (χ1n) is 6.65. The number of benzene rings is 1. The predicted octanol–water partition coefficient (Wildman–Crippen LogP) is 2.83. The molecule has 0 bridgehead atoms. The van der Waals surface area contributed by atoms with Crippen molar-refractivity contribution in [2.45, 2.75) is 32.3 Å². The molecule has 104 valence electrons. The van der Waals surface area contributed by atoms with Crippen LogP contribution in [0.4, 0.5) is 0 Å². The van der Waals surface area contributed by atoms with Crippen LogP contribution in [0.2, 0.25) is 0 Å². The maximum absolute atomic E-state index is 10.7. The Labute approximate surface area is 116 Å². The third kappa shape index (κ3) is 2.52. The number of nitrogens with zero attached hydrogens (tertiary/aromatic N) is 1. The van der Waals surface area contributed by atoms with Gasteiger partial charge in [-0.1, -0.05) is 12.1 Å². The van der Waals surface area contributed by atoms with Gasteiger partial charge in [0.25, 0.3) is 0 Å². The van der Waals surface area contributed by atoms with Crippen LogP contribution in [0.25, 0.3) is 0 Å². The summed E-state index contributed by atoms with van der Waals surface area (Å²) in [5.74, 6) is 0.0187. The molecule has 1 aromatic heterocycles. The zero-order valence-corrected chi connectivity index (χ0v) is 11.0. The molecule has 1 aliphatic rings.